The van der Waals surface area contributed by atoms with Crippen molar-refractivity contribution in [1.29, 1.82) is 0 Å². The Hall–Kier alpha value is -2.70. The zero-order chi connectivity index (χ0) is 21.3. The summed E-state index contributed by atoms with van der Waals surface area (Å²) in [5.74, 6) is -0.555. The third-order valence-corrected chi connectivity index (χ3v) is 6.88. The van der Waals surface area contributed by atoms with Gasteiger partial charge in [0.15, 0.2) is 0 Å². The Morgan fingerprint density at radius 2 is 1.93 bits per heavy atom. The number of hydrogen-bond acceptors (Lipinski definition) is 4. The van der Waals surface area contributed by atoms with Crippen LogP contribution in [-0.2, 0) is 17.7 Å². The van der Waals surface area contributed by atoms with Gasteiger partial charge in [-0.2, -0.15) is 0 Å². The van der Waals surface area contributed by atoms with Crippen molar-refractivity contribution in [3.8, 4) is 0 Å². The van der Waals surface area contributed by atoms with Crippen LogP contribution in [0.25, 0.3) is 10.8 Å². The van der Waals surface area contributed by atoms with Gasteiger partial charge in [-0.15, -0.1) is 11.3 Å². The summed E-state index contributed by atoms with van der Waals surface area (Å²) in [5, 5.41) is 5.53. The van der Waals surface area contributed by atoms with Gasteiger partial charge in [0.25, 0.3) is 5.91 Å². The fourth-order valence-electron chi connectivity index (χ4n) is 4.09. The van der Waals surface area contributed by atoms with E-state index >= 15 is 0 Å². The lowest BCUT2D eigenvalue weighted by Crippen LogP contribution is -3.14. The summed E-state index contributed by atoms with van der Waals surface area (Å²) in [6, 6.07) is 14.0. The third kappa shape index (κ3) is 3.85. The van der Waals surface area contributed by atoms with E-state index in [2.05, 4.69) is 19.2 Å². The number of anilines is 1. The Morgan fingerprint density at radius 1 is 1.17 bits per heavy atom. The molecule has 2 aromatic carbocycles. The second kappa shape index (κ2) is 8.58. The molecule has 3 aromatic rings. The lowest BCUT2D eigenvalue weighted by molar-refractivity contribution is -0.936. The molecule has 0 fully saturated rings. The lowest BCUT2D eigenvalue weighted by Gasteiger charge is -2.27. The molecule has 6 heteroatoms. The van der Waals surface area contributed by atoms with Gasteiger partial charge < -0.3 is 15.0 Å². The molecule has 0 saturated heterocycles. The number of thiophene rings is 1. The first-order chi connectivity index (χ1) is 14.5. The van der Waals surface area contributed by atoms with Crippen LogP contribution in [-0.4, -0.2) is 31.1 Å². The molecule has 1 unspecified atom stereocenters. The Balaban J connectivity index is 1.71. The second-order valence-electron chi connectivity index (χ2n) is 7.90. The van der Waals surface area contributed by atoms with Crippen LogP contribution in [0.2, 0.25) is 0 Å². The summed E-state index contributed by atoms with van der Waals surface area (Å²) in [6.07, 6.45) is 0.817. The minimum atomic E-state index is -0.351. The van der Waals surface area contributed by atoms with Crippen LogP contribution in [0.5, 0.6) is 0 Å². The number of carbonyl (C=O) groups excluding carboxylic acids is 2. The molecule has 0 saturated carbocycles. The molecular weight excluding hydrogens is 396 g/mol. The Bertz CT molecular complexity index is 1100. The molecular formula is C24H27N2O3S+. The van der Waals surface area contributed by atoms with Gasteiger partial charge in [0, 0.05) is 12.0 Å². The maximum absolute atomic E-state index is 13.2. The smallest absolute Gasteiger partial charge is 0.341 e. The van der Waals surface area contributed by atoms with Crippen LogP contribution in [0.15, 0.2) is 42.5 Å². The molecule has 1 aromatic heterocycles. The van der Waals surface area contributed by atoms with Crippen molar-refractivity contribution in [2.24, 2.45) is 0 Å². The molecule has 1 amide bonds. The van der Waals surface area contributed by atoms with Crippen molar-refractivity contribution in [2.45, 2.75) is 39.8 Å². The summed E-state index contributed by atoms with van der Waals surface area (Å²) in [4.78, 5) is 28.6. The molecule has 0 bridgehead atoms. The SMILES string of the molecule is CCOC(=O)c1c(NC(=O)c2cccc3ccccc23)sc2c1CC[NH+](C(C)C)C2. The molecule has 2 N–H and O–H groups in total. The third-order valence-electron chi connectivity index (χ3n) is 5.73. The predicted molar refractivity (Wildman–Crippen MR) is 121 cm³/mol. The maximum atomic E-state index is 13.2. The van der Waals surface area contributed by atoms with Gasteiger partial charge in [-0.05, 0) is 43.2 Å². The number of quaternary nitrogens is 1. The van der Waals surface area contributed by atoms with E-state index in [1.165, 1.54) is 21.1 Å². The first kappa shape index (κ1) is 20.6. The van der Waals surface area contributed by atoms with Crippen molar-refractivity contribution in [1.82, 2.24) is 0 Å². The van der Waals surface area contributed by atoms with Gasteiger partial charge >= 0.3 is 5.97 Å². The number of nitrogens with one attached hydrogen (secondary N) is 2. The van der Waals surface area contributed by atoms with Gasteiger partial charge in [-0.3, -0.25) is 4.79 Å². The second-order valence-corrected chi connectivity index (χ2v) is 9.00. The molecule has 1 aliphatic rings. The van der Waals surface area contributed by atoms with Gasteiger partial charge in [-0.1, -0.05) is 36.4 Å². The zero-order valence-electron chi connectivity index (χ0n) is 17.6. The number of carbonyl (C=O) groups is 2. The number of esters is 1. The van der Waals surface area contributed by atoms with E-state index < -0.39 is 0 Å². The van der Waals surface area contributed by atoms with E-state index in [4.69, 9.17) is 4.74 Å². The van der Waals surface area contributed by atoms with Crippen molar-refractivity contribution >= 4 is 39.0 Å². The predicted octanol–water partition coefficient (Wildman–Crippen LogP) is 3.68. The number of fused-ring (bicyclic) bond motifs is 2. The number of benzene rings is 2. The molecule has 0 aliphatic carbocycles. The van der Waals surface area contributed by atoms with E-state index in [9.17, 15) is 9.59 Å². The molecule has 156 valence electrons. The van der Waals surface area contributed by atoms with Crippen molar-refractivity contribution in [2.75, 3.05) is 18.5 Å². The average Bonchev–Trinajstić information content (AvgIpc) is 3.10. The fraction of sp³-hybridized carbons (Fsp3) is 0.333. The van der Waals surface area contributed by atoms with E-state index in [-0.39, 0.29) is 11.9 Å². The van der Waals surface area contributed by atoms with Gasteiger partial charge in [0.05, 0.1) is 29.6 Å². The maximum Gasteiger partial charge on any atom is 0.341 e. The van der Waals surface area contributed by atoms with E-state index in [1.54, 1.807) is 6.92 Å². The average molecular weight is 424 g/mol. The minimum Gasteiger partial charge on any atom is -0.462 e. The van der Waals surface area contributed by atoms with Gasteiger partial charge in [0.1, 0.15) is 11.5 Å². The van der Waals surface area contributed by atoms with Crippen LogP contribution >= 0.6 is 11.3 Å². The molecule has 1 atom stereocenters. The number of amides is 1. The van der Waals surface area contributed by atoms with E-state index in [1.807, 2.05) is 42.5 Å². The monoisotopic (exact) mass is 423 g/mol. The number of rotatable bonds is 5. The standard InChI is InChI=1S/C24H26N2O3S/c1-4-29-24(28)21-19-12-13-26(15(2)3)14-20(19)30-23(21)25-22(27)18-11-7-9-16-8-5-6-10-17(16)18/h5-11,15H,4,12-14H2,1-3H3,(H,25,27)/p+1. The topological polar surface area (TPSA) is 59.8 Å². The lowest BCUT2D eigenvalue weighted by atomic mass is 10.0. The van der Waals surface area contributed by atoms with Gasteiger partial charge in [0.2, 0.25) is 0 Å². The van der Waals surface area contributed by atoms with E-state index in [0.29, 0.717) is 28.8 Å². The molecule has 4 rings (SSSR count). The molecule has 0 spiro atoms. The highest BCUT2D eigenvalue weighted by Gasteiger charge is 2.32. The summed E-state index contributed by atoms with van der Waals surface area (Å²) >= 11 is 1.51. The van der Waals surface area contributed by atoms with Crippen LogP contribution in [0.4, 0.5) is 5.00 Å². The summed E-state index contributed by atoms with van der Waals surface area (Å²) in [7, 11) is 0. The Kier molecular flexibility index (Phi) is 5.88. The molecule has 0 radical (unpaired) electrons. The van der Waals surface area contributed by atoms with E-state index in [0.717, 1.165) is 35.8 Å². The van der Waals surface area contributed by atoms with Crippen LogP contribution in [0.3, 0.4) is 0 Å². The molecule has 30 heavy (non-hydrogen) atoms. The highest BCUT2D eigenvalue weighted by atomic mass is 32.1. The van der Waals surface area contributed by atoms with Gasteiger partial charge in [-0.25, -0.2) is 4.79 Å². The highest BCUT2D eigenvalue weighted by molar-refractivity contribution is 7.17. The van der Waals surface area contributed by atoms with Crippen molar-refractivity contribution in [3.63, 3.8) is 0 Å². The molecule has 1 aliphatic heterocycles. The highest BCUT2D eigenvalue weighted by Crippen LogP contribution is 2.36. The quantitative estimate of drug-likeness (QED) is 0.616. The Labute approximate surface area is 180 Å². The van der Waals surface area contributed by atoms with Crippen LogP contribution in [0, 0.1) is 0 Å². The van der Waals surface area contributed by atoms with Crippen LogP contribution in [0.1, 0.15) is 51.9 Å². The van der Waals surface area contributed by atoms with Crippen molar-refractivity contribution in [3.05, 3.63) is 64.0 Å². The normalized spacial score (nSPS) is 15.8. The van der Waals surface area contributed by atoms with Crippen molar-refractivity contribution < 1.29 is 19.2 Å². The fourth-order valence-corrected chi connectivity index (χ4v) is 5.38. The number of hydrogen-bond donors (Lipinski definition) is 2. The molecule has 5 nitrogen and oxygen atoms in total. The molecule has 2 heterocycles. The minimum absolute atomic E-state index is 0.205. The first-order valence-electron chi connectivity index (χ1n) is 10.4. The zero-order valence-corrected chi connectivity index (χ0v) is 18.4. The summed E-state index contributed by atoms with van der Waals surface area (Å²) in [6.45, 7) is 8.38. The largest absolute Gasteiger partial charge is 0.462 e. The summed E-state index contributed by atoms with van der Waals surface area (Å²) < 4.78 is 5.33. The Morgan fingerprint density at radius 3 is 2.70 bits per heavy atom. The van der Waals surface area contributed by atoms with Crippen LogP contribution < -0.4 is 10.2 Å². The summed E-state index contributed by atoms with van der Waals surface area (Å²) in [5.41, 5.74) is 2.17. The number of ether oxygens (including phenoxy) is 1. The first-order valence-corrected chi connectivity index (χ1v) is 11.3.